The lowest BCUT2D eigenvalue weighted by Crippen LogP contribution is -2.17. The van der Waals surface area contributed by atoms with E-state index in [0.717, 1.165) is 25.3 Å². The monoisotopic (exact) mass is 195 g/mol. The summed E-state index contributed by atoms with van der Waals surface area (Å²) in [5.41, 5.74) is 0. The molecule has 0 unspecified atom stereocenters. The van der Waals surface area contributed by atoms with Gasteiger partial charge in [-0.3, -0.25) is 4.79 Å². The van der Waals surface area contributed by atoms with Crippen LogP contribution < -0.4 is 4.90 Å². The Morgan fingerprint density at radius 2 is 2.21 bits per heavy atom. The van der Waals surface area contributed by atoms with Crippen molar-refractivity contribution in [2.45, 2.75) is 26.7 Å². The first-order valence-electron chi connectivity index (χ1n) is 4.97. The summed E-state index contributed by atoms with van der Waals surface area (Å²) in [5, 5.41) is 0. The highest BCUT2D eigenvalue weighted by Gasteiger charge is 2.08. The fraction of sp³-hybridized carbons (Fsp3) is 0.545. The largest absolute Gasteiger partial charge is 0.437 e. The number of carbonyl (C=O) groups is 1. The third kappa shape index (κ3) is 2.62. The van der Waals surface area contributed by atoms with Crippen molar-refractivity contribution in [3.8, 4) is 0 Å². The van der Waals surface area contributed by atoms with Gasteiger partial charge in [0.05, 0.1) is 0 Å². The summed E-state index contributed by atoms with van der Waals surface area (Å²) in [4.78, 5) is 13.0. The van der Waals surface area contributed by atoms with E-state index < -0.39 is 0 Å². The lowest BCUT2D eigenvalue weighted by molar-refractivity contribution is 0.0988. The number of anilines is 1. The van der Waals surface area contributed by atoms with Crippen molar-refractivity contribution in [3.63, 3.8) is 0 Å². The molecule has 3 heteroatoms. The van der Waals surface area contributed by atoms with Gasteiger partial charge in [0.15, 0.2) is 17.4 Å². The van der Waals surface area contributed by atoms with Crippen LogP contribution in [0.2, 0.25) is 0 Å². The van der Waals surface area contributed by atoms with E-state index in [9.17, 15) is 4.79 Å². The average molecular weight is 195 g/mol. The van der Waals surface area contributed by atoms with E-state index in [0.29, 0.717) is 5.76 Å². The number of furan rings is 1. The zero-order valence-electron chi connectivity index (χ0n) is 9.04. The van der Waals surface area contributed by atoms with Gasteiger partial charge in [0.25, 0.3) is 0 Å². The van der Waals surface area contributed by atoms with Crippen molar-refractivity contribution >= 4 is 11.7 Å². The number of unbranched alkanes of at least 4 members (excludes halogenated alkanes) is 1. The number of nitrogens with zero attached hydrogens (tertiary/aromatic N) is 1. The van der Waals surface area contributed by atoms with Crippen LogP contribution in [0.25, 0.3) is 0 Å². The topological polar surface area (TPSA) is 33.5 Å². The molecule has 1 aromatic heterocycles. The van der Waals surface area contributed by atoms with E-state index in [4.69, 9.17) is 4.42 Å². The second-order valence-electron chi connectivity index (χ2n) is 3.47. The van der Waals surface area contributed by atoms with E-state index in [-0.39, 0.29) is 5.78 Å². The standard InChI is InChI=1S/C11H17NO2/c1-4-5-8-12(3)11-7-6-10(14-11)9(2)13/h6-7H,4-5,8H2,1-3H3. The Balaban J connectivity index is 2.61. The van der Waals surface area contributed by atoms with Crippen LogP contribution in [-0.2, 0) is 0 Å². The van der Waals surface area contributed by atoms with E-state index in [2.05, 4.69) is 6.92 Å². The van der Waals surface area contributed by atoms with Gasteiger partial charge in [0.2, 0.25) is 0 Å². The Kier molecular flexibility index (Phi) is 3.74. The highest BCUT2D eigenvalue weighted by atomic mass is 16.4. The molecule has 14 heavy (non-hydrogen) atoms. The Morgan fingerprint density at radius 3 is 2.71 bits per heavy atom. The minimum Gasteiger partial charge on any atom is -0.437 e. The molecule has 0 saturated carbocycles. The van der Waals surface area contributed by atoms with Gasteiger partial charge in [-0.05, 0) is 12.5 Å². The maximum Gasteiger partial charge on any atom is 0.196 e. The molecule has 0 aliphatic carbocycles. The predicted molar refractivity (Wildman–Crippen MR) is 56.9 cm³/mol. The van der Waals surface area contributed by atoms with Crippen LogP contribution in [0.5, 0.6) is 0 Å². The van der Waals surface area contributed by atoms with Crippen molar-refractivity contribution in [2.24, 2.45) is 0 Å². The van der Waals surface area contributed by atoms with E-state index >= 15 is 0 Å². The Hall–Kier alpha value is -1.25. The van der Waals surface area contributed by atoms with Crippen LogP contribution in [0.3, 0.4) is 0 Å². The molecule has 0 saturated heterocycles. The molecular weight excluding hydrogens is 178 g/mol. The van der Waals surface area contributed by atoms with Gasteiger partial charge in [-0.15, -0.1) is 0 Å². The highest BCUT2D eigenvalue weighted by Crippen LogP contribution is 2.17. The number of rotatable bonds is 5. The van der Waals surface area contributed by atoms with Gasteiger partial charge in [0, 0.05) is 26.6 Å². The first-order chi connectivity index (χ1) is 6.65. The molecule has 0 fully saturated rings. The molecule has 0 N–H and O–H groups in total. The lowest BCUT2D eigenvalue weighted by Gasteiger charge is -2.14. The maximum absolute atomic E-state index is 11.0. The second kappa shape index (κ2) is 4.84. The zero-order chi connectivity index (χ0) is 10.6. The molecule has 1 aromatic rings. The highest BCUT2D eigenvalue weighted by molar-refractivity contribution is 5.91. The van der Waals surface area contributed by atoms with Crippen LogP contribution >= 0.6 is 0 Å². The number of Topliss-reactive ketones (excluding diaryl/α,β-unsaturated/α-hetero) is 1. The van der Waals surface area contributed by atoms with E-state index in [1.165, 1.54) is 6.92 Å². The fourth-order valence-corrected chi connectivity index (χ4v) is 1.23. The second-order valence-corrected chi connectivity index (χ2v) is 3.47. The van der Waals surface area contributed by atoms with Crippen LogP contribution in [-0.4, -0.2) is 19.4 Å². The number of hydrogen-bond acceptors (Lipinski definition) is 3. The first kappa shape index (κ1) is 10.8. The van der Waals surface area contributed by atoms with Gasteiger partial charge in [-0.2, -0.15) is 0 Å². The molecule has 1 heterocycles. The first-order valence-corrected chi connectivity index (χ1v) is 4.97. The van der Waals surface area contributed by atoms with Gasteiger partial charge in [-0.1, -0.05) is 13.3 Å². The summed E-state index contributed by atoms with van der Waals surface area (Å²) < 4.78 is 5.38. The minimum atomic E-state index is -0.0276. The number of ketones is 1. The SMILES string of the molecule is CCCCN(C)c1ccc(C(C)=O)o1. The molecule has 0 spiro atoms. The third-order valence-corrected chi connectivity index (χ3v) is 2.16. The normalized spacial score (nSPS) is 10.2. The van der Waals surface area contributed by atoms with Crippen molar-refractivity contribution < 1.29 is 9.21 Å². The summed E-state index contributed by atoms with van der Waals surface area (Å²) in [6.07, 6.45) is 2.29. The average Bonchev–Trinajstić information content (AvgIpc) is 2.62. The van der Waals surface area contributed by atoms with Crippen LogP contribution in [0.1, 0.15) is 37.2 Å². The summed E-state index contributed by atoms with van der Waals surface area (Å²) in [5.74, 6) is 1.17. The number of hydrogen-bond donors (Lipinski definition) is 0. The van der Waals surface area contributed by atoms with Gasteiger partial charge < -0.3 is 9.32 Å². The van der Waals surface area contributed by atoms with Crippen molar-refractivity contribution in [2.75, 3.05) is 18.5 Å². The minimum absolute atomic E-state index is 0.0276. The summed E-state index contributed by atoms with van der Waals surface area (Å²) in [6, 6.07) is 3.56. The molecule has 0 atom stereocenters. The van der Waals surface area contributed by atoms with Crippen molar-refractivity contribution in [1.29, 1.82) is 0 Å². The summed E-state index contributed by atoms with van der Waals surface area (Å²) in [7, 11) is 1.97. The van der Waals surface area contributed by atoms with Gasteiger partial charge in [0.1, 0.15) is 0 Å². The summed E-state index contributed by atoms with van der Waals surface area (Å²) in [6.45, 7) is 4.62. The van der Waals surface area contributed by atoms with Crippen LogP contribution in [0.15, 0.2) is 16.5 Å². The molecule has 0 amide bonds. The Morgan fingerprint density at radius 1 is 1.50 bits per heavy atom. The molecule has 0 bridgehead atoms. The molecular formula is C11H17NO2. The third-order valence-electron chi connectivity index (χ3n) is 2.16. The van der Waals surface area contributed by atoms with E-state index in [1.807, 2.05) is 18.0 Å². The summed E-state index contributed by atoms with van der Waals surface area (Å²) >= 11 is 0. The van der Waals surface area contributed by atoms with Crippen LogP contribution in [0, 0.1) is 0 Å². The molecule has 0 aliphatic heterocycles. The lowest BCUT2D eigenvalue weighted by atomic mass is 10.3. The molecule has 0 radical (unpaired) electrons. The van der Waals surface area contributed by atoms with Crippen molar-refractivity contribution in [1.82, 2.24) is 0 Å². The van der Waals surface area contributed by atoms with Gasteiger partial charge >= 0.3 is 0 Å². The number of carbonyl (C=O) groups excluding carboxylic acids is 1. The fourth-order valence-electron chi connectivity index (χ4n) is 1.23. The molecule has 1 rings (SSSR count). The molecule has 0 aromatic carbocycles. The van der Waals surface area contributed by atoms with Crippen LogP contribution in [0.4, 0.5) is 5.88 Å². The smallest absolute Gasteiger partial charge is 0.196 e. The Bertz CT molecular complexity index is 304. The Labute approximate surface area is 84.7 Å². The van der Waals surface area contributed by atoms with Crippen molar-refractivity contribution in [3.05, 3.63) is 17.9 Å². The van der Waals surface area contributed by atoms with E-state index in [1.54, 1.807) is 6.07 Å². The zero-order valence-corrected chi connectivity index (χ0v) is 9.04. The quantitative estimate of drug-likeness (QED) is 0.677. The molecule has 0 aliphatic rings. The maximum atomic E-state index is 11.0. The molecule has 3 nitrogen and oxygen atoms in total. The predicted octanol–water partition coefficient (Wildman–Crippen LogP) is 2.72. The molecule has 78 valence electrons. The van der Waals surface area contributed by atoms with Gasteiger partial charge in [-0.25, -0.2) is 0 Å².